The minimum absolute atomic E-state index is 0.217. The lowest BCUT2D eigenvalue weighted by Crippen LogP contribution is -2.57. The van der Waals surface area contributed by atoms with E-state index < -0.39 is 24.0 Å². The van der Waals surface area contributed by atoms with Crippen LogP contribution in [0.15, 0.2) is 79.1 Å². The molecule has 234 valence electrons. The fourth-order valence-electron chi connectivity index (χ4n) is 6.10. The topological polar surface area (TPSA) is 42.9 Å². The van der Waals surface area contributed by atoms with Crippen LogP contribution >= 0.6 is 0 Å². The van der Waals surface area contributed by atoms with Crippen LogP contribution < -0.4 is 4.90 Å². The van der Waals surface area contributed by atoms with Crippen molar-refractivity contribution in [1.82, 2.24) is 19.7 Å². The molecule has 2 saturated heterocycles. The first kappa shape index (κ1) is 31.7. The van der Waals surface area contributed by atoms with E-state index in [1.165, 1.54) is 24.3 Å². The van der Waals surface area contributed by atoms with E-state index in [-0.39, 0.29) is 19.0 Å². The molecule has 0 saturated carbocycles. The average molecular weight is 610 g/mol. The van der Waals surface area contributed by atoms with Crippen molar-refractivity contribution in [3.05, 3.63) is 95.8 Å². The predicted molar refractivity (Wildman–Crippen MR) is 165 cm³/mol. The molecule has 5 rings (SSSR count). The summed E-state index contributed by atoms with van der Waals surface area (Å²) < 4.78 is 54.9. The Bertz CT molecular complexity index is 1390. The van der Waals surface area contributed by atoms with E-state index in [0.29, 0.717) is 24.6 Å². The fourth-order valence-corrected chi connectivity index (χ4v) is 6.10. The second kappa shape index (κ2) is 13.9. The van der Waals surface area contributed by atoms with E-state index in [9.17, 15) is 18.0 Å². The summed E-state index contributed by atoms with van der Waals surface area (Å²) in [5.41, 5.74) is 2.50. The van der Waals surface area contributed by atoms with E-state index in [1.54, 1.807) is 17.3 Å². The first-order chi connectivity index (χ1) is 21.1. The monoisotopic (exact) mass is 609 g/mol. The Balaban J connectivity index is 1.32. The zero-order valence-corrected chi connectivity index (χ0v) is 25.1. The molecular weight excluding hydrogens is 570 g/mol. The molecule has 3 heterocycles. The summed E-state index contributed by atoms with van der Waals surface area (Å²) in [4.78, 5) is 25.8. The van der Waals surface area contributed by atoms with Gasteiger partial charge in [-0.05, 0) is 93.0 Å². The number of aromatic nitrogens is 1. The molecular formula is C34H39F4N5O. The van der Waals surface area contributed by atoms with Gasteiger partial charge in [-0.3, -0.25) is 14.7 Å². The lowest BCUT2D eigenvalue weighted by atomic mass is 9.95. The van der Waals surface area contributed by atoms with Gasteiger partial charge in [0, 0.05) is 62.6 Å². The Morgan fingerprint density at radius 3 is 2.18 bits per heavy atom. The van der Waals surface area contributed by atoms with Crippen LogP contribution in [0.25, 0.3) is 6.08 Å². The van der Waals surface area contributed by atoms with Crippen molar-refractivity contribution in [1.29, 1.82) is 0 Å². The number of piperidine rings is 2. The highest BCUT2D eigenvalue weighted by Crippen LogP contribution is 2.30. The van der Waals surface area contributed by atoms with Crippen LogP contribution in [0.5, 0.6) is 0 Å². The van der Waals surface area contributed by atoms with Crippen LogP contribution in [-0.2, 0) is 17.5 Å². The molecule has 0 radical (unpaired) electrons. The Hall–Kier alpha value is -3.76. The van der Waals surface area contributed by atoms with Gasteiger partial charge in [0.1, 0.15) is 6.17 Å². The van der Waals surface area contributed by atoms with Crippen molar-refractivity contribution in [2.24, 2.45) is 0 Å². The first-order valence-electron chi connectivity index (χ1n) is 15.0. The third kappa shape index (κ3) is 7.84. The van der Waals surface area contributed by atoms with Crippen LogP contribution in [0.1, 0.15) is 36.0 Å². The molecule has 0 unspecified atom stereocenters. The molecule has 1 aromatic heterocycles. The molecule has 2 fully saturated rings. The normalized spacial score (nSPS) is 20.6. The van der Waals surface area contributed by atoms with E-state index in [2.05, 4.69) is 21.8 Å². The van der Waals surface area contributed by atoms with Crippen LogP contribution in [0.2, 0.25) is 0 Å². The van der Waals surface area contributed by atoms with Crippen LogP contribution in [-0.4, -0.2) is 84.1 Å². The van der Waals surface area contributed by atoms with Gasteiger partial charge in [-0.25, -0.2) is 4.39 Å². The lowest BCUT2D eigenvalue weighted by Gasteiger charge is -2.45. The number of amides is 1. The van der Waals surface area contributed by atoms with Gasteiger partial charge in [-0.1, -0.05) is 24.3 Å². The fraction of sp³-hybridized carbons (Fsp3) is 0.412. The van der Waals surface area contributed by atoms with Crippen molar-refractivity contribution in [3.8, 4) is 0 Å². The average Bonchev–Trinajstić information content (AvgIpc) is 3.03. The maximum atomic E-state index is 15.9. The Morgan fingerprint density at radius 1 is 0.932 bits per heavy atom. The lowest BCUT2D eigenvalue weighted by molar-refractivity contribution is -0.137. The predicted octanol–water partition coefficient (Wildman–Crippen LogP) is 6.42. The van der Waals surface area contributed by atoms with Gasteiger partial charge < -0.3 is 14.7 Å². The third-order valence-corrected chi connectivity index (χ3v) is 8.81. The van der Waals surface area contributed by atoms with Gasteiger partial charge in [-0.2, -0.15) is 13.2 Å². The molecule has 2 aliphatic heterocycles. The van der Waals surface area contributed by atoms with Gasteiger partial charge in [0.05, 0.1) is 11.6 Å². The number of hydrogen-bond donors (Lipinski definition) is 0. The largest absolute Gasteiger partial charge is 0.416 e. The van der Waals surface area contributed by atoms with E-state index in [1.807, 2.05) is 48.3 Å². The Kier molecular flexibility index (Phi) is 10.0. The van der Waals surface area contributed by atoms with Crippen molar-refractivity contribution in [3.63, 3.8) is 0 Å². The number of carbonyl (C=O) groups is 1. The second-order valence-electron chi connectivity index (χ2n) is 11.8. The van der Waals surface area contributed by atoms with Crippen molar-refractivity contribution >= 4 is 23.4 Å². The van der Waals surface area contributed by atoms with Crippen molar-refractivity contribution < 1.29 is 22.4 Å². The molecule has 0 bridgehead atoms. The zero-order valence-electron chi connectivity index (χ0n) is 25.1. The molecule has 2 atom stereocenters. The minimum Gasteiger partial charge on any atom is -0.345 e. The summed E-state index contributed by atoms with van der Waals surface area (Å²) in [6, 6.07) is 16.0. The number of carbonyl (C=O) groups excluding carboxylic acids is 1. The third-order valence-electron chi connectivity index (χ3n) is 8.81. The second-order valence-corrected chi connectivity index (χ2v) is 11.8. The molecule has 2 aliphatic rings. The van der Waals surface area contributed by atoms with E-state index >= 15 is 4.39 Å². The van der Waals surface area contributed by atoms with Crippen molar-refractivity contribution in [2.45, 2.75) is 50.2 Å². The molecule has 10 heteroatoms. The first-order valence-corrected chi connectivity index (χ1v) is 15.0. The molecule has 0 N–H and O–H groups in total. The molecule has 0 aliphatic carbocycles. The molecule has 6 nitrogen and oxygen atoms in total. The highest BCUT2D eigenvalue weighted by atomic mass is 19.4. The highest BCUT2D eigenvalue weighted by molar-refractivity contribution is 5.92. The van der Waals surface area contributed by atoms with Gasteiger partial charge in [0.15, 0.2) is 0 Å². The summed E-state index contributed by atoms with van der Waals surface area (Å²) >= 11 is 0. The number of benzene rings is 2. The highest BCUT2D eigenvalue weighted by Gasteiger charge is 2.38. The number of likely N-dealkylation sites (tertiary alicyclic amines) is 2. The number of alkyl halides is 4. The minimum atomic E-state index is -4.43. The molecule has 3 aromatic rings. The SMILES string of the molecule is CN1CCC(N2CC[C@H](N(Cc3ccc(N(C)c4ccncc4)cc3)C(=O)C=Cc3ccc(C(F)(F)F)cc3)[C@H](F)C2)CC1. The Morgan fingerprint density at radius 2 is 1.57 bits per heavy atom. The maximum Gasteiger partial charge on any atom is 0.416 e. The number of halogens is 4. The number of pyridine rings is 1. The summed E-state index contributed by atoms with van der Waals surface area (Å²) in [6.45, 7) is 3.19. The maximum absolute atomic E-state index is 15.9. The molecule has 44 heavy (non-hydrogen) atoms. The molecule has 2 aromatic carbocycles. The number of anilines is 2. The van der Waals surface area contributed by atoms with Gasteiger partial charge in [0.2, 0.25) is 5.91 Å². The zero-order chi connectivity index (χ0) is 31.3. The standard InChI is InChI=1S/C34H39F4N5O/c1-40-20-15-30(16-21-40)42-22-17-32(31(35)24-42)43(33(44)12-7-25-3-8-27(9-4-25)34(36,37)38)23-26-5-10-28(11-6-26)41(2)29-13-18-39-19-14-29/h3-14,18-19,30-32H,15-17,20-24H2,1-2H3/t31-,32+/m1/s1. The number of nitrogens with zero attached hydrogens (tertiary/aromatic N) is 5. The van der Waals surface area contributed by atoms with Gasteiger partial charge >= 0.3 is 6.18 Å². The smallest absolute Gasteiger partial charge is 0.345 e. The van der Waals surface area contributed by atoms with E-state index in [4.69, 9.17) is 0 Å². The summed E-state index contributed by atoms with van der Waals surface area (Å²) in [5.74, 6) is -0.372. The summed E-state index contributed by atoms with van der Waals surface area (Å²) in [5, 5.41) is 0. The summed E-state index contributed by atoms with van der Waals surface area (Å²) in [6.07, 6.45) is 3.16. The van der Waals surface area contributed by atoms with Crippen LogP contribution in [0.3, 0.4) is 0 Å². The van der Waals surface area contributed by atoms with Crippen LogP contribution in [0.4, 0.5) is 28.9 Å². The Labute approximate surface area is 256 Å². The number of hydrogen-bond acceptors (Lipinski definition) is 5. The van der Waals surface area contributed by atoms with Gasteiger partial charge in [0.25, 0.3) is 0 Å². The van der Waals surface area contributed by atoms with Gasteiger partial charge in [-0.15, -0.1) is 0 Å². The van der Waals surface area contributed by atoms with Crippen molar-refractivity contribution in [2.75, 3.05) is 45.2 Å². The molecule has 0 spiro atoms. The molecule has 1 amide bonds. The summed E-state index contributed by atoms with van der Waals surface area (Å²) in [7, 11) is 4.06. The number of rotatable bonds is 8. The van der Waals surface area contributed by atoms with E-state index in [0.717, 1.165) is 55.0 Å². The van der Waals surface area contributed by atoms with Crippen LogP contribution in [0, 0.1) is 0 Å². The quantitative estimate of drug-likeness (QED) is 0.218.